The zero-order chi connectivity index (χ0) is 19.6. The molecule has 0 spiro atoms. The number of para-hydroxylation sites is 1. The summed E-state index contributed by atoms with van der Waals surface area (Å²) in [6.07, 6.45) is -0.926. The Hall–Kier alpha value is -3.66. The number of hydrogen-bond acceptors (Lipinski definition) is 5. The fourth-order valence-electron chi connectivity index (χ4n) is 2.23. The summed E-state index contributed by atoms with van der Waals surface area (Å²) in [7, 11) is 0. The molecule has 0 bridgehead atoms. The monoisotopic (exact) mass is 365 g/mol. The number of rotatable bonds is 7. The van der Waals surface area contributed by atoms with Gasteiger partial charge in [0.15, 0.2) is 6.10 Å². The number of anilines is 1. The lowest BCUT2D eigenvalue weighted by atomic mass is 10.1. The van der Waals surface area contributed by atoms with Gasteiger partial charge in [0.1, 0.15) is 12.6 Å². The molecule has 2 rings (SSSR count). The molecule has 0 radical (unpaired) electrons. The number of nitrogens with one attached hydrogen (secondary N) is 2. The SMILES string of the molecule is C[C@@H](OC(=O)CNC(=O)Cc1ccccc1)C(=O)Nc1ccccc1C#N. The van der Waals surface area contributed by atoms with E-state index in [4.69, 9.17) is 10.00 Å². The smallest absolute Gasteiger partial charge is 0.326 e. The van der Waals surface area contributed by atoms with Crippen LogP contribution in [0.3, 0.4) is 0 Å². The minimum absolute atomic E-state index is 0.148. The number of ether oxygens (including phenoxy) is 1. The summed E-state index contributed by atoms with van der Waals surface area (Å²) in [5.41, 5.74) is 1.47. The lowest BCUT2D eigenvalue weighted by molar-refractivity contribution is -0.152. The molecule has 138 valence electrons. The van der Waals surface area contributed by atoms with E-state index in [1.54, 1.807) is 24.3 Å². The molecule has 7 nitrogen and oxygen atoms in total. The van der Waals surface area contributed by atoms with Gasteiger partial charge in [-0.3, -0.25) is 14.4 Å². The van der Waals surface area contributed by atoms with Crippen LogP contribution in [0.2, 0.25) is 0 Å². The number of nitrogens with zero attached hydrogens (tertiary/aromatic N) is 1. The molecule has 27 heavy (non-hydrogen) atoms. The number of nitriles is 1. The van der Waals surface area contributed by atoms with Gasteiger partial charge in [0.25, 0.3) is 5.91 Å². The Kier molecular flexibility index (Phi) is 7.08. The van der Waals surface area contributed by atoms with Gasteiger partial charge in [-0.05, 0) is 24.6 Å². The number of esters is 1. The van der Waals surface area contributed by atoms with Crippen molar-refractivity contribution in [3.63, 3.8) is 0 Å². The Morgan fingerprint density at radius 2 is 1.74 bits per heavy atom. The highest BCUT2D eigenvalue weighted by atomic mass is 16.5. The predicted molar refractivity (Wildman–Crippen MR) is 98.5 cm³/mol. The Labute approximate surface area is 156 Å². The minimum Gasteiger partial charge on any atom is -0.451 e. The second kappa shape index (κ2) is 9.73. The summed E-state index contributed by atoms with van der Waals surface area (Å²) in [6, 6.07) is 17.6. The molecular formula is C20H19N3O4. The highest BCUT2D eigenvalue weighted by Crippen LogP contribution is 2.14. The summed E-state index contributed by atoms with van der Waals surface area (Å²) in [5.74, 6) is -1.62. The lowest BCUT2D eigenvalue weighted by Crippen LogP contribution is -2.36. The van der Waals surface area contributed by atoms with Crippen LogP contribution in [0.1, 0.15) is 18.1 Å². The molecule has 0 aliphatic heterocycles. The summed E-state index contributed by atoms with van der Waals surface area (Å²) in [5, 5.41) is 14.0. The summed E-state index contributed by atoms with van der Waals surface area (Å²) < 4.78 is 5.01. The van der Waals surface area contributed by atoms with Crippen LogP contribution in [0.25, 0.3) is 0 Å². The molecule has 2 amide bonds. The first-order valence-corrected chi connectivity index (χ1v) is 8.29. The largest absolute Gasteiger partial charge is 0.451 e. The van der Waals surface area contributed by atoms with Crippen molar-refractivity contribution in [3.8, 4) is 6.07 Å². The Balaban J connectivity index is 1.78. The van der Waals surface area contributed by atoms with Crippen molar-refractivity contribution in [2.24, 2.45) is 0 Å². The van der Waals surface area contributed by atoms with Crippen molar-refractivity contribution < 1.29 is 19.1 Å². The second-order valence-electron chi connectivity index (χ2n) is 5.72. The first-order valence-electron chi connectivity index (χ1n) is 8.29. The topological polar surface area (TPSA) is 108 Å². The van der Waals surface area contributed by atoms with E-state index >= 15 is 0 Å². The summed E-state index contributed by atoms with van der Waals surface area (Å²) in [6.45, 7) is 1.08. The zero-order valence-corrected chi connectivity index (χ0v) is 14.8. The second-order valence-corrected chi connectivity index (χ2v) is 5.72. The van der Waals surface area contributed by atoms with Crippen LogP contribution in [0.4, 0.5) is 5.69 Å². The van der Waals surface area contributed by atoms with Crippen LogP contribution >= 0.6 is 0 Å². The van der Waals surface area contributed by atoms with Crippen molar-refractivity contribution in [1.82, 2.24) is 5.32 Å². The van der Waals surface area contributed by atoms with Gasteiger partial charge in [-0.15, -0.1) is 0 Å². The van der Waals surface area contributed by atoms with Crippen molar-refractivity contribution in [3.05, 3.63) is 65.7 Å². The van der Waals surface area contributed by atoms with Crippen LogP contribution in [0.15, 0.2) is 54.6 Å². The molecule has 2 aromatic rings. The quantitative estimate of drug-likeness (QED) is 0.727. The van der Waals surface area contributed by atoms with E-state index in [-0.39, 0.29) is 18.9 Å². The van der Waals surface area contributed by atoms with E-state index in [0.29, 0.717) is 11.3 Å². The van der Waals surface area contributed by atoms with Gasteiger partial charge in [0.2, 0.25) is 5.91 Å². The van der Waals surface area contributed by atoms with Gasteiger partial charge >= 0.3 is 5.97 Å². The highest BCUT2D eigenvalue weighted by Gasteiger charge is 2.19. The Morgan fingerprint density at radius 3 is 2.44 bits per heavy atom. The summed E-state index contributed by atoms with van der Waals surface area (Å²) in [4.78, 5) is 35.8. The van der Waals surface area contributed by atoms with Crippen molar-refractivity contribution >= 4 is 23.5 Å². The lowest BCUT2D eigenvalue weighted by Gasteiger charge is -2.14. The van der Waals surface area contributed by atoms with Gasteiger partial charge in [-0.2, -0.15) is 5.26 Å². The van der Waals surface area contributed by atoms with E-state index in [1.807, 2.05) is 36.4 Å². The molecule has 0 aromatic heterocycles. The van der Waals surface area contributed by atoms with Crippen LogP contribution in [0.5, 0.6) is 0 Å². The van der Waals surface area contributed by atoms with Gasteiger partial charge in [0.05, 0.1) is 17.7 Å². The average Bonchev–Trinajstić information content (AvgIpc) is 2.67. The minimum atomic E-state index is -1.07. The number of hydrogen-bond donors (Lipinski definition) is 2. The normalized spacial score (nSPS) is 11.0. The standard InChI is InChI=1S/C20H19N3O4/c1-14(20(26)23-17-10-6-5-9-16(17)12-21)27-19(25)13-22-18(24)11-15-7-3-2-4-8-15/h2-10,14H,11,13H2,1H3,(H,22,24)(H,23,26)/t14-/m1/s1. The molecule has 0 aliphatic carbocycles. The third-order valence-electron chi connectivity index (χ3n) is 3.62. The molecule has 0 aliphatic rings. The van der Waals surface area contributed by atoms with E-state index in [1.165, 1.54) is 6.92 Å². The van der Waals surface area contributed by atoms with E-state index in [2.05, 4.69) is 10.6 Å². The molecule has 0 fully saturated rings. The molecule has 0 unspecified atom stereocenters. The van der Waals surface area contributed by atoms with E-state index in [9.17, 15) is 14.4 Å². The third-order valence-corrected chi connectivity index (χ3v) is 3.62. The van der Waals surface area contributed by atoms with Gasteiger partial charge in [0, 0.05) is 0 Å². The van der Waals surface area contributed by atoms with Crippen LogP contribution in [0, 0.1) is 11.3 Å². The predicted octanol–water partition coefficient (Wildman–Crippen LogP) is 1.79. The number of benzene rings is 2. The molecule has 1 atom stereocenters. The molecular weight excluding hydrogens is 346 g/mol. The molecule has 2 aromatic carbocycles. The Bertz CT molecular complexity index is 859. The molecule has 0 saturated carbocycles. The van der Waals surface area contributed by atoms with Gasteiger partial charge in [-0.25, -0.2) is 0 Å². The number of carbonyl (C=O) groups excluding carboxylic acids is 3. The van der Waals surface area contributed by atoms with Crippen LogP contribution in [-0.4, -0.2) is 30.4 Å². The highest BCUT2D eigenvalue weighted by molar-refractivity contribution is 5.96. The van der Waals surface area contributed by atoms with Crippen LogP contribution < -0.4 is 10.6 Å². The zero-order valence-electron chi connectivity index (χ0n) is 14.8. The maximum absolute atomic E-state index is 12.1. The first kappa shape index (κ1) is 19.7. The van der Waals surface area contributed by atoms with E-state index < -0.39 is 18.0 Å². The van der Waals surface area contributed by atoms with Crippen LogP contribution in [-0.2, 0) is 25.5 Å². The fourth-order valence-corrected chi connectivity index (χ4v) is 2.23. The molecule has 0 heterocycles. The van der Waals surface area contributed by atoms with Crippen molar-refractivity contribution in [2.75, 3.05) is 11.9 Å². The first-order chi connectivity index (χ1) is 13.0. The Morgan fingerprint density at radius 1 is 1.07 bits per heavy atom. The fraction of sp³-hybridized carbons (Fsp3) is 0.200. The maximum Gasteiger partial charge on any atom is 0.326 e. The molecule has 0 saturated heterocycles. The summed E-state index contributed by atoms with van der Waals surface area (Å²) >= 11 is 0. The van der Waals surface area contributed by atoms with E-state index in [0.717, 1.165) is 5.56 Å². The van der Waals surface area contributed by atoms with Gasteiger partial charge in [-0.1, -0.05) is 42.5 Å². The molecule has 7 heteroatoms. The number of carbonyl (C=O) groups is 3. The number of amides is 2. The third kappa shape index (κ3) is 6.29. The van der Waals surface area contributed by atoms with Gasteiger partial charge < -0.3 is 15.4 Å². The average molecular weight is 365 g/mol. The molecule has 2 N–H and O–H groups in total. The maximum atomic E-state index is 12.1. The van der Waals surface area contributed by atoms with Crippen molar-refractivity contribution in [2.45, 2.75) is 19.4 Å². The van der Waals surface area contributed by atoms with Crippen molar-refractivity contribution in [1.29, 1.82) is 5.26 Å².